The first-order chi connectivity index (χ1) is 11.2. The Labute approximate surface area is 134 Å². The number of morpholine rings is 1. The fraction of sp³-hybridized carbons (Fsp3) is 0.467. The summed E-state index contributed by atoms with van der Waals surface area (Å²) in [6.07, 6.45) is 1.82. The minimum Gasteiger partial charge on any atom is -0.378 e. The number of nitrogens with one attached hydrogen (secondary N) is 1. The summed E-state index contributed by atoms with van der Waals surface area (Å²) in [4.78, 5) is 23.2. The first kappa shape index (κ1) is 15.4. The number of carbonyl (C=O) groups is 1. The van der Waals surface area contributed by atoms with Gasteiger partial charge in [-0.15, -0.1) is 0 Å². The molecule has 0 aliphatic carbocycles. The molecule has 122 valence electrons. The normalized spacial score (nSPS) is 14.8. The van der Waals surface area contributed by atoms with E-state index in [1.165, 1.54) is 0 Å². The smallest absolute Gasteiger partial charge is 0.275 e. The molecule has 8 nitrogen and oxygen atoms in total. The second-order valence-electron chi connectivity index (χ2n) is 5.30. The third kappa shape index (κ3) is 3.65. The molecule has 0 atom stereocenters. The number of hydrogen-bond donors (Lipinski definition) is 1. The predicted octanol–water partition coefficient (Wildman–Crippen LogP) is 1.09. The summed E-state index contributed by atoms with van der Waals surface area (Å²) >= 11 is 0. The van der Waals surface area contributed by atoms with E-state index in [0.717, 1.165) is 25.3 Å². The van der Waals surface area contributed by atoms with Gasteiger partial charge in [0.05, 0.1) is 13.2 Å². The topological polar surface area (TPSA) is 85.2 Å². The van der Waals surface area contributed by atoms with Gasteiger partial charge >= 0.3 is 0 Å². The van der Waals surface area contributed by atoms with Gasteiger partial charge in [0.2, 0.25) is 5.95 Å². The van der Waals surface area contributed by atoms with Gasteiger partial charge in [0.1, 0.15) is 5.69 Å². The van der Waals surface area contributed by atoms with Crippen LogP contribution in [0.5, 0.6) is 0 Å². The van der Waals surface area contributed by atoms with Crippen LogP contribution in [-0.2, 0) is 11.3 Å². The van der Waals surface area contributed by atoms with E-state index in [-0.39, 0.29) is 5.91 Å². The lowest BCUT2D eigenvalue weighted by atomic mass is 10.3. The van der Waals surface area contributed by atoms with Crippen molar-refractivity contribution in [3.8, 4) is 0 Å². The van der Waals surface area contributed by atoms with Gasteiger partial charge in [0.25, 0.3) is 5.91 Å². The van der Waals surface area contributed by atoms with Crippen molar-refractivity contribution in [3.05, 3.63) is 29.7 Å². The number of carbonyl (C=O) groups excluding carboxylic acids is 1. The van der Waals surface area contributed by atoms with E-state index in [4.69, 9.17) is 4.74 Å². The highest BCUT2D eigenvalue weighted by Crippen LogP contribution is 2.13. The van der Waals surface area contributed by atoms with Crippen LogP contribution in [0.15, 0.2) is 18.3 Å². The van der Waals surface area contributed by atoms with Crippen molar-refractivity contribution in [3.63, 3.8) is 0 Å². The van der Waals surface area contributed by atoms with E-state index in [0.29, 0.717) is 30.7 Å². The molecule has 0 radical (unpaired) electrons. The van der Waals surface area contributed by atoms with Crippen LogP contribution in [-0.4, -0.2) is 52.0 Å². The van der Waals surface area contributed by atoms with Crippen molar-refractivity contribution in [1.29, 1.82) is 0 Å². The molecule has 1 aliphatic rings. The molecule has 1 N–H and O–H groups in total. The maximum absolute atomic E-state index is 12.4. The molecule has 1 fully saturated rings. The Morgan fingerprint density at radius 1 is 1.35 bits per heavy atom. The molecule has 0 saturated carbocycles. The lowest BCUT2D eigenvalue weighted by Crippen LogP contribution is -2.37. The summed E-state index contributed by atoms with van der Waals surface area (Å²) in [5.41, 5.74) is 1.09. The third-order valence-electron chi connectivity index (χ3n) is 3.58. The molecule has 1 saturated heterocycles. The molecular weight excluding hydrogens is 296 g/mol. The van der Waals surface area contributed by atoms with Gasteiger partial charge in [-0.2, -0.15) is 5.10 Å². The highest BCUT2D eigenvalue weighted by molar-refractivity contribution is 6.02. The van der Waals surface area contributed by atoms with E-state index in [9.17, 15) is 4.79 Å². The SMILES string of the molecule is CCn1ccc(NC(=O)c2cc(C)nc(N3CCOCC3)n2)n1. The van der Waals surface area contributed by atoms with Crippen LogP contribution in [0, 0.1) is 6.92 Å². The number of aryl methyl sites for hydroxylation is 2. The van der Waals surface area contributed by atoms with E-state index in [2.05, 4.69) is 20.4 Å². The summed E-state index contributed by atoms with van der Waals surface area (Å²) in [6.45, 7) is 7.34. The zero-order valence-corrected chi connectivity index (χ0v) is 13.3. The monoisotopic (exact) mass is 316 g/mol. The number of ether oxygens (including phenoxy) is 1. The first-order valence-corrected chi connectivity index (χ1v) is 7.69. The van der Waals surface area contributed by atoms with Crippen molar-refractivity contribution in [2.24, 2.45) is 0 Å². The molecular formula is C15H20N6O2. The lowest BCUT2D eigenvalue weighted by molar-refractivity contribution is 0.102. The number of nitrogens with zero attached hydrogens (tertiary/aromatic N) is 5. The van der Waals surface area contributed by atoms with Gasteiger partial charge in [0, 0.05) is 37.6 Å². The number of aromatic nitrogens is 4. The fourth-order valence-corrected chi connectivity index (χ4v) is 2.36. The van der Waals surface area contributed by atoms with Gasteiger partial charge in [-0.05, 0) is 19.9 Å². The molecule has 0 bridgehead atoms. The van der Waals surface area contributed by atoms with Crippen LogP contribution < -0.4 is 10.2 Å². The Morgan fingerprint density at radius 3 is 2.83 bits per heavy atom. The van der Waals surface area contributed by atoms with Crippen LogP contribution >= 0.6 is 0 Å². The maximum atomic E-state index is 12.4. The minimum absolute atomic E-state index is 0.286. The van der Waals surface area contributed by atoms with E-state index in [1.54, 1.807) is 16.8 Å². The van der Waals surface area contributed by atoms with E-state index < -0.39 is 0 Å². The van der Waals surface area contributed by atoms with Gasteiger partial charge in [-0.3, -0.25) is 9.48 Å². The molecule has 3 rings (SSSR count). The summed E-state index contributed by atoms with van der Waals surface area (Å²) in [7, 11) is 0. The molecule has 23 heavy (non-hydrogen) atoms. The Hall–Kier alpha value is -2.48. The zero-order chi connectivity index (χ0) is 16.2. The molecule has 0 aromatic carbocycles. The predicted molar refractivity (Wildman–Crippen MR) is 85.7 cm³/mol. The third-order valence-corrected chi connectivity index (χ3v) is 3.58. The van der Waals surface area contributed by atoms with Crippen LogP contribution in [0.1, 0.15) is 23.1 Å². The van der Waals surface area contributed by atoms with E-state index >= 15 is 0 Å². The Kier molecular flexibility index (Phi) is 4.52. The summed E-state index contributed by atoms with van der Waals surface area (Å²) in [6, 6.07) is 3.44. The van der Waals surface area contributed by atoms with Crippen molar-refractivity contribution in [1.82, 2.24) is 19.7 Å². The number of rotatable bonds is 4. The summed E-state index contributed by atoms with van der Waals surface area (Å²) in [5, 5.41) is 7.01. The van der Waals surface area contributed by atoms with Gasteiger partial charge in [-0.1, -0.05) is 0 Å². The second-order valence-corrected chi connectivity index (χ2v) is 5.30. The summed E-state index contributed by atoms with van der Waals surface area (Å²) < 4.78 is 7.08. The molecule has 2 aromatic heterocycles. The van der Waals surface area contributed by atoms with E-state index in [1.807, 2.05) is 24.9 Å². The van der Waals surface area contributed by atoms with Gasteiger partial charge in [-0.25, -0.2) is 9.97 Å². The van der Waals surface area contributed by atoms with Crippen LogP contribution in [0.25, 0.3) is 0 Å². The first-order valence-electron chi connectivity index (χ1n) is 7.69. The van der Waals surface area contributed by atoms with Crippen LogP contribution in [0.3, 0.4) is 0 Å². The average Bonchev–Trinajstić information content (AvgIpc) is 3.02. The Morgan fingerprint density at radius 2 is 2.13 bits per heavy atom. The largest absolute Gasteiger partial charge is 0.378 e. The molecule has 0 spiro atoms. The Balaban J connectivity index is 1.78. The van der Waals surface area contributed by atoms with Crippen molar-refractivity contribution < 1.29 is 9.53 Å². The summed E-state index contributed by atoms with van der Waals surface area (Å²) in [5.74, 6) is 0.796. The number of anilines is 2. The molecule has 8 heteroatoms. The maximum Gasteiger partial charge on any atom is 0.275 e. The second kappa shape index (κ2) is 6.74. The Bertz CT molecular complexity index is 693. The fourth-order valence-electron chi connectivity index (χ4n) is 2.36. The highest BCUT2D eigenvalue weighted by atomic mass is 16.5. The van der Waals surface area contributed by atoms with Crippen LogP contribution in [0.4, 0.5) is 11.8 Å². The molecule has 1 aliphatic heterocycles. The molecule has 0 unspecified atom stereocenters. The van der Waals surface area contributed by atoms with Crippen molar-refractivity contribution in [2.45, 2.75) is 20.4 Å². The molecule has 1 amide bonds. The quantitative estimate of drug-likeness (QED) is 0.909. The lowest BCUT2D eigenvalue weighted by Gasteiger charge is -2.27. The van der Waals surface area contributed by atoms with Gasteiger partial charge in [0.15, 0.2) is 5.82 Å². The number of amides is 1. The molecule has 2 aromatic rings. The van der Waals surface area contributed by atoms with Crippen LogP contribution in [0.2, 0.25) is 0 Å². The molecule has 3 heterocycles. The standard InChI is InChI=1S/C15H20N6O2/c1-3-21-5-4-13(19-21)18-14(22)12-10-11(2)16-15(17-12)20-6-8-23-9-7-20/h4-5,10H,3,6-9H2,1-2H3,(H,18,19,22). The van der Waals surface area contributed by atoms with Crippen molar-refractivity contribution >= 4 is 17.7 Å². The van der Waals surface area contributed by atoms with Crippen molar-refractivity contribution in [2.75, 3.05) is 36.5 Å². The minimum atomic E-state index is -0.286. The highest BCUT2D eigenvalue weighted by Gasteiger charge is 2.17. The zero-order valence-electron chi connectivity index (χ0n) is 13.3. The average molecular weight is 316 g/mol. The number of hydrogen-bond acceptors (Lipinski definition) is 6. The van der Waals surface area contributed by atoms with Gasteiger partial charge < -0.3 is 15.0 Å².